The van der Waals surface area contributed by atoms with Gasteiger partial charge in [0.25, 0.3) is 0 Å². The number of hydrogen-bond donors (Lipinski definition) is 0. The van der Waals surface area contributed by atoms with E-state index in [1.807, 2.05) is 0 Å². The quantitative estimate of drug-likeness (QED) is 0.141. The van der Waals surface area contributed by atoms with Gasteiger partial charge in [-0.1, -0.05) is 220 Å². The van der Waals surface area contributed by atoms with Gasteiger partial charge in [0.05, 0.1) is 22.7 Å². The topological polar surface area (TPSA) is 6.48 Å². The summed E-state index contributed by atoms with van der Waals surface area (Å²) < 4.78 is 0. The van der Waals surface area contributed by atoms with Gasteiger partial charge in [0, 0.05) is 27.5 Å². The average molecular weight is 857 g/mol. The van der Waals surface area contributed by atoms with Crippen LogP contribution in [-0.2, 0) is 16.2 Å². The van der Waals surface area contributed by atoms with Crippen molar-refractivity contribution in [2.24, 2.45) is 0 Å². The van der Waals surface area contributed by atoms with Crippen molar-refractivity contribution in [2.75, 3.05) is 9.80 Å². The van der Waals surface area contributed by atoms with Crippen molar-refractivity contribution in [1.82, 2.24) is 0 Å². The third-order valence-corrected chi connectivity index (χ3v) is 13.4. The zero-order chi connectivity index (χ0) is 46.0. The molecule has 10 aromatic rings. The molecule has 10 aromatic carbocycles. The lowest BCUT2D eigenvalue weighted by Gasteiger charge is -2.36. The van der Waals surface area contributed by atoms with Crippen molar-refractivity contribution in [3.8, 4) is 22.3 Å². The molecule has 0 fully saturated rings. The minimum absolute atomic E-state index is 0.00472. The smallest absolute Gasteiger partial charge is 0.0561 e. The van der Waals surface area contributed by atoms with E-state index in [1.54, 1.807) is 0 Å². The van der Waals surface area contributed by atoms with Crippen LogP contribution in [0.2, 0.25) is 0 Å². The van der Waals surface area contributed by atoms with Crippen LogP contribution in [0.1, 0.15) is 79.0 Å². The molecule has 0 aromatic heterocycles. The molecule has 66 heavy (non-hydrogen) atoms. The molecule has 326 valence electrons. The van der Waals surface area contributed by atoms with Crippen LogP contribution in [0.5, 0.6) is 0 Å². The molecule has 0 atom stereocenters. The number of nitrogens with zero attached hydrogens (tertiary/aromatic N) is 2. The Morgan fingerprint density at radius 2 is 0.667 bits per heavy atom. The molecule has 0 saturated carbocycles. The third-order valence-electron chi connectivity index (χ3n) is 13.4. The van der Waals surface area contributed by atoms with E-state index >= 15 is 0 Å². The van der Waals surface area contributed by atoms with Crippen LogP contribution < -0.4 is 9.80 Å². The molecule has 0 aliphatic rings. The Labute approximate surface area is 392 Å². The van der Waals surface area contributed by atoms with Crippen LogP contribution in [0.4, 0.5) is 34.1 Å². The van der Waals surface area contributed by atoms with Gasteiger partial charge >= 0.3 is 0 Å². The van der Waals surface area contributed by atoms with Crippen LogP contribution >= 0.6 is 0 Å². The number of anilines is 6. The second-order valence-electron chi connectivity index (χ2n) is 21.1. The van der Waals surface area contributed by atoms with Gasteiger partial charge in [-0.05, 0) is 114 Å². The Bertz CT molecular complexity index is 3120. The van der Waals surface area contributed by atoms with Gasteiger partial charge in [0.2, 0.25) is 0 Å². The van der Waals surface area contributed by atoms with Crippen molar-refractivity contribution < 1.29 is 0 Å². The van der Waals surface area contributed by atoms with Gasteiger partial charge in [-0.2, -0.15) is 0 Å². The highest BCUT2D eigenvalue weighted by molar-refractivity contribution is 6.29. The molecule has 2 heteroatoms. The minimum atomic E-state index is -0.164. The molecule has 0 aliphatic heterocycles. The van der Waals surface area contributed by atoms with E-state index in [1.165, 1.54) is 82.6 Å². The Morgan fingerprint density at radius 3 is 1.03 bits per heavy atom. The van der Waals surface area contributed by atoms with Crippen LogP contribution in [-0.4, -0.2) is 0 Å². The second-order valence-corrected chi connectivity index (χ2v) is 21.1. The number of benzene rings is 10. The van der Waals surface area contributed by atoms with Gasteiger partial charge in [0.15, 0.2) is 0 Å². The molecule has 0 saturated heterocycles. The van der Waals surface area contributed by atoms with Crippen LogP contribution in [0, 0.1) is 0 Å². The fourth-order valence-corrected chi connectivity index (χ4v) is 9.97. The number of rotatable bonds is 8. The van der Waals surface area contributed by atoms with Crippen molar-refractivity contribution in [2.45, 2.75) is 78.6 Å². The summed E-state index contributed by atoms with van der Waals surface area (Å²) in [6, 6.07) is 74.7. The van der Waals surface area contributed by atoms with E-state index < -0.39 is 0 Å². The zero-order valence-electron chi connectivity index (χ0n) is 39.9. The molecular formula is C64H60N2. The lowest BCUT2D eigenvalue weighted by Crippen LogP contribution is -2.21. The molecule has 0 bridgehead atoms. The fourth-order valence-electron chi connectivity index (χ4n) is 9.97. The van der Waals surface area contributed by atoms with E-state index in [0.29, 0.717) is 0 Å². The summed E-state index contributed by atoms with van der Waals surface area (Å²) in [5.74, 6) is 0. The third kappa shape index (κ3) is 7.79. The van der Waals surface area contributed by atoms with Crippen LogP contribution in [0.3, 0.4) is 0 Å². The summed E-state index contributed by atoms with van der Waals surface area (Å²) in [5.41, 5.74) is 15.1. The van der Waals surface area contributed by atoms with Gasteiger partial charge in [-0.25, -0.2) is 0 Å². The van der Waals surface area contributed by atoms with E-state index in [2.05, 4.69) is 272 Å². The maximum Gasteiger partial charge on any atom is 0.0561 e. The first-order valence-electron chi connectivity index (χ1n) is 23.5. The van der Waals surface area contributed by atoms with E-state index in [-0.39, 0.29) is 16.2 Å². The SMILES string of the molecule is CC(C)(C)c1cc2ccc3c(N(c4ccccc4)c4cc(-c5ccccc5)ccc4C(C)(C)C)cc(N(c4ccccc4)c4cc(-c5ccccc5)ccc4C(C)(C)C)c4ccc(c1)c2c34. The summed E-state index contributed by atoms with van der Waals surface area (Å²) >= 11 is 0. The van der Waals surface area contributed by atoms with Crippen molar-refractivity contribution in [1.29, 1.82) is 0 Å². The Hall–Kier alpha value is -7.16. The van der Waals surface area contributed by atoms with Crippen LogP contribution in [0.15, 0.2) is 200 Å². The first-order chi connectivity index (χ1) is 31.6. The Balaban J connectivity index is 1.38. The summed E-state index contributed by atoms with van der Waals surface area (Å²) in [6.07, 6.45) is 0. The maximum atomic E-state index is 2.55. The van der Waals surface area contributed by atoms with E-state index in [9.17, 15) is 0 Å². The monoisotopic (exact) mass is 856 g/mol. The molecule has 10 rings (SSSR count). The molecule has 0 aliphatic carbocycles. The van der Waals surface area contributed by atoms with Crippen molar-refractivity contribution in [3.63, 3.8) is 0 Å². The predicted octanol–water partition coefficient (Wildman–Crippen LogP) is 18.8. The number of hydrogen-bond acceptors (Lipinski definition) is 2. The molecule has 0 N–H and O–H groups in total. The lowest BCUT2D eigenvalue weighted by atomic mass is 9.82. The molecule has 0 unspecified atom stereocenters. The minimum Gasteiger partial charge on any atom is -0.309 e. The summed E-state index contributed by atoms with van der Waals surface area (Å²) in [5, 5.41) is 7.52. The zero-order valence-corrected chi connectivity index (χ0v) is 39.9. The highest BCUT2D eigenvalue weighted by Crippen LogP contribution is 2.53. The van der Waals surface area contributed by atoms with Gasteiger partial charge in [-0.15, -0.1) is 0 Å². The standard InChI is InChI=1S/C64H60N2/c1-62(2,3)49-38-47-30-34-52-56(65(50-26-18-12-19-27-50)58-40-45(43-22-14-10-15-23-43)32-36-54(58)63(4,5)6)42-57(53-35-31-48(39-49)60(47)61(52)53)66(51-28-20-13-21-29-51)59-41-46(44-24-16-11-17-25-44)33-37-55(59)64(7,8)9/h10-42H,1-9H3. The molecule has 0 spiro atoms. The van der Waals surface area contributed by atoms with Crippen LogP contribution in [0.25, 0.3) is 54.6 Å². The van der Waals surface area contributed by atoms with Gasteiger partial charge < -0.3 is 9.80 Å². The predicted molar refractivity (Wildman–Crippen MR) is 286 cm³/mol. The molecule has 2 nitrogen and oxygen atoms in total. The highest BCUT2D eigenvalue weighted by atomic mass is 15.2. The Kier molecular flexibility index (Phi) is 10.6. The van der Waals surface area contributed by atoms with Crippen molar-refractivity contribution in [3.05, 3.63) is 217 Å². The van der Waals surface area contributed by atoms with E-state index in [4.69, 9.17) is 0 Å². The number of para-hydroxylation sites is 2. The Morgan fingerprint density at radius 1 is 0.288 bits per heavy atom. The lowest BCUT2D eigenvalue weighted by molar-refractivity contribution is 0.591. The fraction of sp³-hybridized carbons (Fsp3) is 0.188. The largest absolute Gasteiger partial charge is 0.309 e. The normalized spacial score (nSPS) is 12.3. The highest BCUT2D eigenvalue weighted by Gasteiger charge is 2.31. The van der Waals surface area contributed by atoms with Gasteiger partial charge in [-0.3, -0.25) is 0 Å². The van der Waals surface area contributed by atoms with Crippen molar-refractivity contribution >= 4 is 66.4 Å². The average Bonchev–Trinajstić information content (AvgIpc) is 3.31. The van der Waals surface area contributed by atoms with E-state index in [0.717, 1.165) is 22.7 Å². The summed E-state index contributed by atoms with van der Waals surface area (Å²) in [6.45, 7) is 21.0. The summed E-state index contributed by atoms with van der Waals surface area (Å²) in [7, 11) is 0. The molecular weight excluding hydrogens is 797 g/mol. The first kappa shape index (κ1) is 42.8. The molecule has 0 amide bonds. The first-order valence-corrected chi connectivity index (χ1v) is 23.5. The maximum absolute atomic E-state index is 2.55. The second kappa shape index (κ2) is 16.4. The van der Waals surface area contributed by atoms with Gasteiger partial charge in [0.1, 0.15) is 0 Å². The molecule has 0 radical (unpaired) electrons. The molecule has 0 heterocycles. The summed E-state index contributed by atoms with van der Waals surface area (Å²) in [4.78, 5) is 5.11.